The van der Waals surface area contributed by atoms with Crippen LogP contribution < -0.4 is 0 Å². The predicted octanol–water partition coefficient (Wildman–Crippen LogP) is 13.5. The number of hydrogen-bond acceptors (Lipinski definition) is 1. The highest BCUT2D eigenvalue weighted by Gasteiger charge is 1.77. The molecule has 0 spiro atoms. The Balaban J connectivity index is -0.0000000695. The van der Waals surface area contributed by atoms with E-state index in [0.717, 1.165) is 0 Å². The average molecular weight is 489 g/mol. The lowest BCUT2D eigenvalue weighted by Crippen LogP contribution is -1.69. The van der Waals surface area contributed by atoms with Gasteiger partial charge in [0.25, 0.3) is 0 Å². The molecule has 0 aliphatic carbocycles. The van der Waals surface area contributed by atoms with Crippen LogP contribution in [0.2, 0.25) is 0 Å². The number of rotatable bonds is 15. The zero-order valence-corrected chi connectivity index (χ0v) is 27.1. The molecule has 0 heterocycles. The minimum atomic E-state index is 0.167. The molecular formula is C33H76O. The fourth-order valence-electron chi connectivity index (χ4n) is 2.50. The van der Waals surface area contributed by atoms with E-state index in [1.54, 1.807) is 0 Å². The summed E-state index contributed by atoms with van der Waals surface area (Å²) in [5.74, 6) is 0.167. The van der Waals surface area contributed by atoms with Gasteiger partial charge in [0.15, 0.2) is 0 Å². The largest absolute Gasteiger partial charge is 0.300 e. The average Bonchev–Trinajstić information content (AvgIpc) is 2.83. The quantitative estimate of drug-likeness (QED) is 0.209. The van der Waals surface area contributed by atoms with Gasteiger partial charge in [-0.05, 0) is 13.8 Å². The molecule has 0 saturated carbocycles. The minimum Gasteiger partial charge on any atom is -0.300 e. The van der Waals surface area contributed by atoms with E-state index in [-0.39, 0.29) is 5.78 Å². The zero-order valence-electron chi connectivity index (χ0n) is 27.1. The molecule has 0 unspecified atom stereocenters. The van der Waals surface area contributed by atoms with Crippen LogP contribution in [0.4, 0.5) is 0 Å². The second-order valence-corrected chi connectivity index (χ2v) is 9.44. The molecule has 0 radical (unpaired) electrons. The van der Waals surface area contributed by atoms with Crippen molar-refractivity contribution in [2.45, 2.75) is 212 Å². The van der Waals surface area contributed by atoms with Gasteiger partial charge < -0.3 is 4.79 Å². The fraction of sp³-hybridized carbons (Fsp3) is 0.970. The Labute approximate surface area is 222 Å². The van der Waals surface area contributed by atoms with Crippen molar-refractivity contribution in [1.29, 1.82) is 0 Å². The lowest BCUT2D eigenvalue weighted by atomic mass is 10.2. The number of carbonyl (C=O) groups is 1. The Bertz CT molecular complexity index is 176. The van der Waals surface area contributed by atoms with Crippen LogP contribution in [0.1, 0.15) is 212 Å². The van der Waals surface area contributed by atoms with E-state index in [2.05, 4.69) is 69.2 Å². The number of hydrogen-bond donors (Lipinski definition) is 0. The lowest BCUT2D eigenvalue weighted by molar-refractivity contribution is -0.114. The van der Waals surface area contributed by atoms with Crippen molar-refractivity contribution >= 4 is 5.78 Å². The van der Waals surface area contributed by atoms with Gasteiger partial charge in [0.2, 0.25) is 0 Å². The molecule has 214 valence electrons. The highest BCUT2D eigenvalue weighted by molar-refractivity contribution is 5.72. The summed E-state index contributed by atoms with van der Waals surface area (Å²) < 4.78 is 0. The maximum atomic E-state index is 9.44. The second-order valence-electron chi connectivity index (χ2n) is 9.44. The molecule has 0 N–H and O–H groups in total. The summed E-state index contributed by atoms with van der Waals surface area (Å²) in [6.45, 7) is 25.4. The predicted molar refractivity (Wildman–Crippen MR) is 165 cm³/mol. The van der Waals surface area contributed by atoms with Crippen LogP contribution in [-0.4, -0.2) is 5.78 Å². The molecule has 0 aromatic heterocycles. The van der Waals surface area contributed by atoms with E-state index in [0.29, 0.717) is 0 Å². The first kappa shape index (κ1) is 46.9. The summed E-state index contributed by atoms with van der Waals surface area (Å²) in [7, 11) is 0. The number of carbonyl (C=O) groups excluding carboxylic acids is 1. The zero-order chi connectivity index (χ0) is 27.7. The molecule has 34 heavy (non-hydrogen) atoms. The van der Waals surface area contributed by atoms with Crippen molar-refractivity contribution in [2.24, 2.45) is 0 Å². The maximum absolute atomic E-state index is 9.44. The van der Waals surface area contributed by atoms with Crippen LogP contribution in [0.15, 0.2) is 0 Å². The van der Waals surface area contributed by atoms with E-state index in [9.17, 15) is 4.79 Å². The van der Waals surface area contributed by atoms with Crippen LogP contribution in [0, 0.1) is 0 Å². The Kier molecular flexibility index (Phi) is 88.0. The van der Waals surface area contributed by atoms with Gasteiger partial charge in [0.05, 0.1) is 0 Å². The van der Waals surface area contributed by atoms with Crippen molar-refractivity contribution in [3.8, 4) is 0 Å². The van der Waals surface area contributed by atoms with E-state index in [1.807, 2.05) is 0 Å². The highest BCUT2D eigenvalue weighted by atomic mass is 16.1. The van der Waals surface area contributed by atoms with Gasteiger partial charge in [-0.15, -0.1) is 0 Å². The van der Waals surface area contributed by atoms with Gasteiger partial charge in [0, 0.05) is 0 Å². The van der Waals surface area contributed by atoms with Crippen LogP contribution in [0.25, 0.3) is 0 Å². The molecule has 0 fully saturated rings. The van der Waals surface area contributed by atoms with Gasteiger partial charge in [-0.2, -0.15) is 0 Å². The van der Waals surface area contributed by atoms with E-state index in [4.69, 9.17) is 0 Å². The maximum Gasteiger partial charge on any atom is 0.126 e. The standard InChI is InChI=1S/5C6H14.C3H6O/c5*1-3-5-6-4-2;1-3(2)4/h5*3-6H2,1-2H3;1-2H3. The van der Waals surface area contributed by atoms with E-state index in [1.165, 1.54) is 142 Å². The van der Waals surface area contributed by atoms with E-state index >= 15 is 0 Å². The van der Waals surface area contributed by atoms with Crippen LogP contribution in [0.5, 0.6) is 0 Å². The summed E-state index contributed by atoms with van der Waals surface area (Å²) in [6.07, 6.45) is 27.7. The first-order valence-corrected chi connectivity index (χ1v) is 15.8. The summed E-state index contributed by atoms with van der Waals surface area (Å²) >= 11 is 0. The van der Waals surface area contributed by atoms with Gasteiger partial charge in [-0.3, -0.25) is 0 Å². The van der Waals surface area contributed by atoms with E-state index < -0.39 is 0 Å². The topological polar surface area (TPSA) is 17.1 Å². The number of ketones is 1. The first-order valence-electron chi connectivity index (χ1n) is 15.8. The SMILES string of the molecule is CC(C)=O.CCCCCC.CCCCCC.CCCCCC.CCCCCC.CCCCCC. The number of Topliss-reactive ketones (excluding diaryl/α,β-unsaturated/α-hetero) is 1. The van der Waals surface area contributed by atoms with Gasteiger partial charge >= 0.3 is 0 Å². The van der Waals surface area contributed by atoms with Crippen molar-refractivity contribution in [3.63, 3.8) is 0 Å². The Morgan fingerprint density at radius 2 is 0.353 bits per heavy atom. The summed E-state index contributed by atoms with van der Waals surface area (Å²) in [5.41, 5.74) is 0. The van der Waals surface area contributed by atoms with Gasteiger partial charge in [0.1, 0.15) is 5.78 Å². The Hall–Kier alpha value is -0.330. The molecule has 0 bridgehead atoms. The first-order chi connectivity index (χ1) is 16.3. The summed E-state index contributed by atoms with van der Waals surface area (Å²) in [4.78, 5) is 9.44. The molecule has 0 rings (SSSR count). The smallest absolute Gasteiger partial charge is 0.126 e. The molecule has 0 atom stereocenters. The molecule has 0 amide bonds. The third kappa shape index (κ3) is 138. The molecular weight excluding hydrogens is 412 g/mol. The molecule has 0 aromatic rings. The molecule has 0 aromatic carbocycles. The lowest BCUT2D eigenvalue weighted by Gasteiger charge is -1.86. The third-order valence-corrected chi connectivity index (χ3v) is 4.79. The Morgan fingerprint density at radius 3 is 0.382 bits per heavy atom. The Morgan fingerprint density at radius 1 is 0.294 bits per heavy atom. The fourth-order valence-corrected chi connectivity index (χ4v) is 2.50. The minimum absolute atomic E-state index is 0.167. The van der Waals surface area contributed by atoms with Crippen LogP contribution >= 0.6 is 0 Å². The molecule has 0 aliphatic heterocycles. The molecule has 0 saturated heterocycles. The van der Waals surface area contributed by atoms with Crippen LogP contribution in [0.3, 0.4) is 0 Å². The van der Waals surface area contributed by atoms with Crippen molar-refractivity contribution in [3.05, 3.63) is 0 Å². The summed E-state index contributed by atoms with van der Waals surface area (Å²) in [6, 6.07) is 0. The summed E-state index contributed by atoms with van der Waals surface area (Å²) in [5, 5.41) is 0. The van der Waals surface area contributed by atoms with Crippen molar-refractivity contribution < 1.29 is 4.79 Å². The van der Waals surface area contributed by atoms with Gasteiger partial charge in [-0.1, -0.05) is 198 Å². The number of unbranched alkanes of at least 4 members (excludes halogenated alkanes) is 15. The van der Waals surface area contributed by atoms with Gasteiger partial charge in [-0.25, -0.2) is 0 Å². The normalized spacial score (nSPS) is 8.71. The molecule has 1 heteroatoms. The second kappa shape index (κ2) is 63.8. The van der Waals surface area contributed by atoms with Crippen molar-refractivity contribution in [1.82, 2.24) is 0 Å². The monoisotopic (exact) mass is 489 g/mol. The molecule has 0 aliphatic rings. The van der Waals surface area contributed by atoms with Crippen LogP contribution in [-0.2, 0) is 4.79 Å². The third-order valence-electron chi connectivity index (χ3n) is 4.79. The molecule has 1 nitrogen and oxygen atoms in total. The highest BCUT2D eigenvalue weighted by Crippen LogP contribution is 1.97. The van der Waals surface area contributed by atoms with Crippen molar-refractivity contribution in [2.75, 3.05) is 0 Å².